The molecule has 1 aromatic heterocycles. The number of hydrogen-bond acceptors (Lipinski definition) is 4. The lowest BCUT2D eigenvalue weighted by Crippen LogP contribution is -2.33. The second kappa shape index (κ2) is 12.9. The molecular formula is C49H33N3O. The predicted molar refractivity (Wildman–Crippen MR) is 219 cm³/mol. The number of rotatable bonds is 6. The molecule has 0 bridgehead atoms. The van der Waals surface area contributed by atoms with Gasteiger partial charge in [0.1, 0.15) is 23.2 Å². The van der Waals surface area contributed by atoms with E-state index in [4.69, 9.17) is 14.4 Å². The molecule has 0 radical (unpaired) electrons. The maximum absolute atomic E-state index is 6.55. The van der Waals surface area contributed by atoms with Crippen molar-refractivity contribution in [3.63, 3.8) is 0 Å². The van der Waals surface area contributed by atoms with E-state index in [1.54, 1.807) is 0 Å². The van der Waals surface area contributed by atoms with E-state index in [0.717, 1.165) is 61.0 Å². The van der Waals surface area contributed by atoms with Gasteiger partial charge in [-0.15, -0.1) is 0 Å². The van der Waals surface area contributed by atoms with Gasteiger partial charge in [0.05, 0.1) is 0 Å². The van der Waals surface area contributed by atoms with E-state index in [2.05, 4.69) is 157 Å². The highest BCUT2D eigenvalue weighted by Gasteiger charge is 2.25. The zero-order valence-electron chi connectivity index (χ0n) is 28.8. The monoisotopic (exact) mass is 679 g/mol. The van der Waals surface area contributed by atoms with E-state index in [1.807, 2.05) is 36.4 Å². The molecule has 1 atom stereocenters. The van der Waals surface area contributed by atoms with Gasteiger partial charge in [0.25, 0.3) is 0 Å². The van der Waals surface area contributed by atoms with Crippen molar-refractivity contribution in [2.75, 3.05) is 0 Å². The molecule has 4 nitrogen and oxygen atoms in total. The van der Waals surface area contributed by atoms with Crippen molar-refractivity contribution in [3.8, 4) is 33.4 Å². The molecular weight excluding hydrogens is 647 g/mol. The fraction of sp³-hybridized carbons (Fsp3) is 0.0204. The molecule has 2 heterocycles. The number of aliphatic imine (C=N–C) groups is 2. The maximum atomic E-state index is 6.55. The van der Waals surface area contributed by atoms with Crippen molar-refractivity contribution in [1.29, 1.82) is 0 Å². The highest BCUT2D eigenvalue weighted by molar-refractivity contribution is 6.15. The summed E-state index contributed by atoms with van der Waals surface area (Å²) in [5.74, 6) is 1.47. The Labute approximate surface area is 307 Å². The molecule has 0 spiro atoms. The van der Waals surface area contributed by atoms with E-state index in [-0.39, 0.29) is 0 Å². The number of nitrogens with one attached hydrogen (secondary N) is 1. The molecule has 1 unspecified atom stereocenters. The average Bonchev–Trinajstić information content (AvgIpc) is 3.62. The quantitative estimate of drug-likeness (QED) is 0.190. The van der Waals surface area contributed by atoms with Gasteiger partial charge >= 0.3 is 0 Å². The summed E-state index contributed by atoms with van der Waals surface area (Å²) in [6.07, 6.45) is -0.390. The Morgan fingerprint density at radius 2 is 0.962 bits per heavy atom. The first-order chi connectivity index (χ1) is 26.2. The molecule has 53 heavy (non-hydrogen) atoms. The molecule has 0 saturated heterocycles. The largest absolute Gasteiger partial charge is 0.456 e. The van der Waals surface area contributed by atoms with Gasteiger partial charge in [0.2, 0.25) is 0 Å². The van der Waals surface area contributed by atoms with Gasteiger partial charge < -0.3 is 9.73 Å². The number of hydrogen-bond donors (Lipinski definition) is 1. The minimum Gasteiger partial charge on any atom is -0.456 e. The molecule has 1 N–H and O–H groups in total. The van der Waals surface area contributed by atoms with Crippen molar-refractivity contribution < 1.29 is 4.42 Å². The van der Waals surface area contributed by atoms with E-state index < -0.39 is 6.17 Å². The molecule has 0 fully saturated rings. The first kappa shape index (κ1) is 30.8. The Bertz CT molecular complexity index is 2840. The number of benzene rings is 8. The molecule has 1 aliphatic heterocycles. The van der Waals surface area contributed by atoms with Crippen molar-refractivity contribution in [2.24, 2.45) is 9.98 Å². The Morgan fingerprint density at radius 3 is 1.68 bits per heavy atom. The van der Waals surface area contributed by atoms with E-state index in [0.29, 0.717) is 5.84 Å². The van der Waals surface area contributed by atoms with Crippen molar-refractivity contribution in [1.82, 2.24) is 5.32 Å². The van der Waals surface area contributed by atoms with Gasteiger partial charge in [-0.3, -0.25) is 0 Å². The first-order valence-corrected chi connectivity index (χ1v) is 17.9. The number of fused-ring (bicyclic) bond motifs is 4. The topological polar surface area (TPSA) is 49.9 Å². The molecule has 9 aromatic rings. The summed E-state index contributed by atoms with van der Waals surface area (Å²) in [5.41, 5.74) is 11.7. The molecule has 8 aromatic carbocycles. The number of amidine groups is 2. The van der Waals surface area contributed by atoms with Crippen LogP contribution in [0.2, 0.25) is 0 Å². The van der Waals surface area contributed by atoms with Gasteiger partial charge in [0, 0.05) is 27.5 Å². The molecule has 0 saturated carbocycles. The molecule has 4 heteroatoms. The van der Waals surface area contributed by atoms with Crippen LogP contribution in [-0.2, 0) is 0 Å². The van der Waals surface area contributed by atoms with Crippen LogP contribution in [0.4, 0.5) is 0 Å². The highest BCUT2D eigenvalue weighted by atomic mass is 16.3. The van der Waals surface area contributed by atoms with Crippen LogP contribution in [0.5, 0.6) is 0 Å². The highest BCUT2D eigenvalue weighted by Crippen LogP contribution is 2.38. The summed E-state index contributed by atoms with van der Waals surface area (Å²) in [5, 5.41) is 8.10. The lowest BCUT2D eigenvalue weighted by molar-refractivity contribution is 0.662. The van der Waals surface area contributed by atoms with Crippen LogP contribution in [0.3, 0.4) is 0 Å². The van der Waals surface area contributed by atoms with Crippen LogP contribution in [0.25, 0.3) is 66.1 Å². The smallest absolute Gasteiger partial charge is 0.159 e. The van der Waals surface area contributed by atoms with Gasteiger partial charge in [-0.2, -0.15) is 0 Å². The molecule has 0 amide bonds. The van der Waals surface area contributed by atoms with E-state index >= 15 is 0 Å². The molecule has 0 aliphatic carbocycles. The van der Waals surface area contributed by atoms with Crippen LogP contribution in [0, 0.1) is 0 Å². The van der Waals surface area contributed by atoms with Crippen LogP contribution in [0.15, 0.2) is 202 Å². The summed E-state index contributed by atoms with van der Waals surface area (Å²) < 4.78 is 6.55. The third kappa shape index (κ3) is 5.77. The van der Waals surface area contributed by atoms with Gasteiger partial charge in [0.15, 0.2) is 5.84 Å². The zero-order chi connectivity index (χ0) is 35.1. The minimum atomic E-state index is -0.390. The summed E-state index contributed by atoms with van der Waals surface area (Å²) in [6, 6.07) is 65.8. The number of furan rings is 1. The van der Waals surface area contributed by atoms with Crippen LogP contribution in [-0.4, -0.2) is 11.7 Å². The van der Waals surface area contributed by atoms with Gasteiger partial charge in [-0.25, -0.2) is 9.98 Å². The first-order valence-electron chi connectivity index (χ1n) is 17.9. The lowest BCUT2D eigenvalue weighted by atomic mass is 9.98. The third-order valence-corrected chi connectivity index (χ3v) is 10.1. The summed E-state index contributed by atoms with van der Waals surface area (Å²) in [6.45, 7) is 0. The molecule has 250 valence electrons. The maximum Gasteiger partial charge on any atom is 0.159 e. The zero-order valence-corrected chi connectivity index (χ0v) is 28.8. The third-order valence-electron chi connectivity index (χ3n) is 10.1. The van der Waals surface area contributed by atoms with E-state index in [9.17, 15) is 0 Å². The summed E-state index contributed by atoms with van der Waals surface area (Å²) in [4.78, 5) is 10.4. The van der Waals surface area contributed by atoms with Crippen LogP contribution in [0.1, 0.15) is 22.9 Å². The Balaban J connectivity index is 1.05. The van der Waals surface area contributed by atoms with Crippen LogP contribution < -0.4 is 5.32 Å². The second-order valence-corrected chi connectivity index (χ2v) is 13.4. The van der Waals surface area contributed by atoms with E-state index in [1.165, 1.54) is 27.6 Å². The number of nitrogens with zero attached hydrogens (tertiary/aromatic N) is 2. The van der Waals surface area contributed by atoms with Gasteiger partial charge in [-0.05, 0) is 74.5 Å². The lowest BCUT2D eigenvalue weighted by Gasteiger charge is -2.24. The second-order valence-electron chi connectivity index (χ2n) is 13.4. The Kier molecular flexibility index (Phi) is 7.51. The van der Waals surface area contributed by atoms with Crippen molar-refractivity contribution in [2.45, 2.75) is 6.17 Å². The minimum absolute atomic E-state index is 0.390. The average molecular weight is 680 g/mol. The fourth-order valence-corrected chi connectivity index (χ4v) is 7.42. The normalized spacial score (nSPS) is 14.2. The molecule has 10 rings (SSSR count). The van der Waals surface area contributed by atoms with Crippen LogP contribution >= 0.6 is 0 Å². The molecule has 1 aliphatic rings. The van der Waals surface area contributed by atoms with Crippen molar-refractivity contribution >= 4 is 44.4 Å². The predicted octanol–water partition coefficient (Wildman–Crippen LogP) is 12.2. The van der Waals surface area contributed by atoms with Crippen molar-refractivity contribution in [3.05, 3.63) is 205 Å². The summed E-state index contributed by atoms with van der Waals surface area (Å²) in [7, 11) is 0. The SMILES string of the molecule is c1ccc(C2=NC(c3ccc4ccc(-c5ccccc5)cc4c3)=NC(c3cccc4oc5cc(-c6ccc(-c7ccccc7)cc6)ccc5c34)N2)cc1. The fourth-order valence-electron chi connectivity index (χ4n) is 7.42. The van der Waals surface area contributed by atoms with Gasteiger partial charge in [-0.1, -0.05) is 158 Å². The Hall–Kier alpha value is -7.04. The summed E-state index contributed by atoms with van der Waals surface area (Å²) >= 11 is 0. The standard InChI is InChI=1S/C49H33N3O/c1-4-11-32(12-5-1)34-19-21-35(22-20-34)39-27-28-42-45(31-39)53-44-18-10-17-43(46(42)44)49-51-47(37-15-8-3-9-16-37)50-48(52-49)40-26-24-36-23-25-38(29-41(36)30-40)33-13-6-2-7-14-33/h1-31,49H,(H,50,51,52). The Morgan fingerprint density at radius 1 is 0.415 bits per heavy atom.